The number of nitrogens with one attached hydrogen (secondary N) is 6. The van der Waals surface area contributed by atoms with Gasteiger partial charge in [-0.1, -0.05) is 27.7 Å². The molecule has 0 saturated heterocycles. The SMILES string of the molecule is CC(C)[C@H](NC[C@@H](NC(=O)[C@H](C)NC(=O)CCC(=O)O)C(C)C)C(=O)N[C@@H](C)C(=O)N[C@@H](C)C(=O)Nc1ccc([N+](=O)[O-])cc1. The molecule has 0 unspecified atom stereocenters. The number of hydrogen-bond donors (Lipinski definition) is 7. The minimum absolute atomic E-state index is 0.0597. The Kier molecular flexibility index (Phi) is 15.6. The van der Waals surface area contributed by atoms with E-state index >= 15 is 0 Å². The molecule has 0 saturated carbocycles. The third kappa shape index (κ3) is 13.7. The van der Waals surface area contributed by atoms with Crippen LogP contribution in [0.25, 0.3) is 0 Å². The highest BCUT2D eigenvalue weighted by Crippen LogP contribution is 2.15. The van der Waals surface area contributed by atoms with Crippen molar-refractivity contribution in [3.8, 4) is 0 Å². The van der Waals surface area contributed by atoms with E-state index in [1.54, 1.807) is 0 Å². The Morgan fingerprint density at radius 1 is 0.711 bits per heavy atom. The molecular weight excluding hydrogens is 590 g/mol. The first-order valence-electron chi connectivity index (χ1n) is 14.6. The molecule has 0 aliphatic carbocycles. The standard InChI is InChI=1S/C29H45N7O9/c1-15(2)22(35-28(42)17(5)31-23(37)12-13-24(38)39)14-30-25(16(3)4)29(43)33-18(6)26(40)32-19(7)27(41)34-20-8-10-21(11-9-20)36(44)45/h8-11,15-19,22,25,30H,12-14H2,1-7H3,(H,31,37)(H,32,40)(H,33,43)(H,34,41)(H,35,42)(H,38,39)/t17-,18-,19-,22+,25-/m0/s1. The first kappa shape index (κ1) is 38.4. The van der Waals surface area contributed by atoms with E-state index in [1.807, 2.05) is 27.7 Å². The molecule has 0 heterocycles. The number of benzene rings is 1. The Bertz CT molecular complexity index is 1220. The number of non-ortho nitro benzene ring substituents is 1. The predicted molar refractivity (Wildman–Crippen MR) is 165 cm³/mol. The number of aliphatic carboxylic acids is 1. The number of hydrogen-bond acceptors (Lipinski definition) is 9. The van der Waals surface area contributed by atoms with Crippen molar-refractivity contribution in [1.82, 2.24) is 26.6 Å². The van der Waals surface area contributed by atoms with Crippen molar-refractivity contribution in [1.29, 1.82) is 0 Å². The van der Waals surface area contributed by atoms with E-state index < -0.39 is 70.6 Å². The number of carboxylic acids is 1. The Balaban J connectivity index is 2.70. The number of carbonyl (C=O) groups is 6. The van der Waals surface area contributed by atoms with Crippen LogP contribution < -0.4 is 31.9 Å². The Labute approximate surface area is 262 Å². The molecule has 0 fully saturated rings. The molecule has 16 nitrogen and oxygen atoms in total. The lowest BCUT2D eigenvalue weighted by Gasteiger charge is -2.29. The van der Waals surface area contributed by atoms with Gasteiger partial charge < -0.3 is 37.0 Å². The number of carboxylic acid groups (broad SMARTS) is 1. The zero-order valence-electron chi connectivity index (χ0n) is 26.6. The molecule has 5 amide bonds. The molecule has 0 aliphatic heterocycles. The first-order chi connectivity index (χ1) is 20.9. The normalized spacial score (nSPS) is 14.3. The number of nitro benzene ring substituents is 1. The average Bonchev–Trinajstić information content (AvgIpc) is 2.95. The molecule has 0 bridgehead atoms. The van der Waals surface area contributed by atoms with Gasteiger partial charge in [0.25, 0.3) is 5.69 Å². The van der Waals surface area contributed by atoms with Crippen LogP contribution in [-0.4, -0.2) is 82.3 Å². The quantitative estimate of drug-likeness (QED) is 0.0879. The topological polar surface area (TPSA) is 238 Å². The predicted octanol–water partition coefficient (Wildman–Crippen LogP) is 0.667. The van der Waals surface area contributed by atoms with Crippen LogP contribution in [0.15, 0.2) is 24.3 Å². The van der Waals surface area contributed by atoms with Crippen LogP contribution in [0, 0.1) is 22.0 Å². The van der Waals surface area contributed by atoms with Gasteiger partial charge in [-0.25, -0.2) is 0 Å². The van der Waals surface area contributed by atoms with Crippen molar-refractivity contribution in [3.63, 3.8) is 0 Å². The van der Waals surface area contributed by atoms with Crippen molar-refractivity contribution >= 4 is 46.9 Å². The van der Waals surface area contributed by atoms with Gasteiger partial charge in [-0.05, 0) is 44.7 Å². The number of rotatable bonds is 18. The second kappa shape index (κ2) is 18.3. The fraction of sp³-hybridized carbons (Fsp3) is 0.586. The third-order valence-corrected chi connectivity index (χ3v) is 6.83. The summed E-state index contributed by atoms with van der Waals surface area (Å²) in [4.78, 5) is 83.9. The fourth-order valence-electron chi connectivity index (χ4n) is 3.94. The summed E-state index contributed by atoms with van der Waals surface area (Å²) in [5.41, 5.74) is 0.175. The van der Waals surface area contributed by atoms with Gasteiger partial charge in [-0.3, -0.25) is 38.9 Å². The summed E-state index contributed by atoms with van der Waals surface area (Å²) >= 11 is 0. The summed E-state index contributed by atoms with van der Waals surface area (Å²) < 4.78 is 0. The molecule has 1 aromatic carbocycles. The summed E-state index contributed by atoms with van der Waals surface area (Å²) in [6.07, 6.45) is -0.603. The highest BCUT2D eigenvalue weighted by atomic mass is 16.6. The van der Waals surface area contributed by atoms with Crippen LogP contribution in [-0.2, 0) is 28.8 Å². The van der Waals surface area contributed by atoms with Crippen molar-refractivity contribution in [2.75, 3.05) is 11.9 Å². The Hall–Kier alpha value is -4.60. The first-order valence-corrected chi connectivity index (χ1v) is 14.6. The van der Waals surface area contributed by atoms with Gasteiger partial charge in [-0.2, -0.15) is 0 Å². The van der Waals surface area contributed by atoms with Crippen molar-refractivity contribution in [3.05, 3.63) is 34.4 Å². The van der Waals surface area contributed by atoms with Gasteiger partial charge in [0.1, 0.15) is 18.1 Å². The minimum Gasteiger partial charge on any atom is -0.481 e. The van der Waals surface area contributed by atoms with E-state index in [4.69, 9.17) is 5.11 Å². The van der Waals surface area contributed by atoms with Gasteiger partial charge in [-0.15, -0.1) is 0 Å². The van der Waals surface area contributed by atoms with Crippen LogP contribution in [0.1, 0.15) is 61.3 Å². The van der Waals surface area contributed by atoms with Crippen LogP contribution >= 0.6 is 0 Å². The number of nitro groups is 1. The number of nitrogens with zero attached hydrogens (tertiary/aromatic N) is 1. The molecule has 45 heavy (non-hydrogen) atoms. The monoisotopic (exact) mass is 635 g/mol. The minimum atomic E-state index is -1.12. The van der Waals surface area contributed by atoms with Crippen LogP contribution in [0.3, 0.4) is 0 Å². The summed E-state index contributed by atoms with van der Waals surface area (Å²) in [6, 6.07) is 1.15. The lowest BCUT2D eigenvalue weighted by Crippen LogP contribution is -2.58. The highest BCUT2D eigenvalue weighted by Gasteiger charge is 2.29. The highest BCUT2D eigenvalue weighted by molar-refractivity contribution is 5.98. The molecule has 7 N–H and O–H groups in total. The molecule has 1 aromatic rings. The Morgan fingerprint density at radius 3 is 1.73 bits per heavy atom. The van der Waals surface area contributed by atoms with E-state index in [0.29, 0.717) is 5.69 Å². The van der Waals surface area contributed by atoms with E-state index in [1.165, 1.54) is 45.0 Å². The molecule has 0 aromatic heterocycles. The number of amides is 5. The molecule has 0 spiro atoms. The maximum absolute atomic E-state index is 13.1. The Morgan fingerprint density at radius 2 is 1.22 bits per heavy atom. The molecular formula is C29H45N7O9. The van der Waals surface area contributed by atoms with E-state index in [0.717, 1.165) is 0 Å². The largest absolute Gasteiger partial charge is 0.481 e. The third-order valence-electron chi connectivity index (χ3n) is 6.83. The van der Waals surface area contributed by atoms with Gasteiger partial charge in [0.15, 0.2) is 0 Å². The lowest BCUT2D eigenvalue weighted by molar-refractivity contribution is -0.384. The van der Waals surface area contributed by atoms with Crippen LogP contribution in [0.5, 0.6) is 0 Å². The van der Waals surface area contributed by atoms with Crippen molar-refractivity contribution in [2.45, 2.75) is 91.5 Å². The van der Waals surface area contributed by atoms with E-state index in [-0.39, 0.29) is 36.9 Å². The zero-order valence-corrected chi connectivity index (χ0v) is 26.6. The fourth-order valence-corrected chi connectivity index (χ4v) is 3.94. The molecule has 5 atom stereocenters. The van der Waals surface area contributed by atoms with Crippen molar-refractivity contribution in [2.24, 2.45) is 11.8 Å². The van der Waals surface area contributed by atoms with Gasteiger partial charge in [0, 0.05) is 36.8 Å². The summed E-state index contributed by atoms with van der Waals surface area (Å²) in [5, 5.41) is 35.7. The van der Waals surface area contributed by atoms with Crippen LogP contribution in [0.4, 0.5) is 11.4 Å². The summed E-state index contributed by atoms with van der Waals surface area (Å²) in [6.45, 7) is 12.0. The van der Waals surface area contributed by atoms with Gasteiger partial charge in [0.2, 0.25) is 29.5 Å². The summed E-state index contributed by atoms with van der Waals surface area (Å²) in [7, 11) is 0. The number of carbonyl (C=O) groups excluding carboxylic acids is 5. The molecule has 16 heteroatoms. The maximum Gasteiger partial charge on any atom is 0.303 e. The zero-order chi connectivity index (χ0) is 34.4. The molecule has 0 aliphatic rings. The molecule has 1 rings (SSSR count). The van der Waals surface area contributed by atoms with Crippen molar-refractivity contribution < 1.29 is 38.8 Å². The van der Waals surface area contributed by atoms with Crippen LogP contribution in [0.2, 0.25) is 0 Å². The summed E-state index contributed by atoms with van der Waals surface area (Å²) in [5.74, 6) is -4.06. The smallest absolute Gasteiger partial charge is 0.303 e. The number of anilines is 1. The maximum atomic E-state index is 13.1. The second-order valence-electron chi connectivity index (χ2n) is 11.4. The van der Waals surface area contributed by atoms with Gasteiger partial charge in [0.05, 0.1) is 17.4 Å². The second-order valence-corrected chi connectivity index (χ2v) is 11.4. The average molecular weight is 636 g/mol. The van der Waals surface area contributed by atoms with E-state index in [9.17, 15) is 38.9 Å². The van der Waals surface area contributed by atoms with E-state index in [2.05, 4.69) is 31.9 Å². The molecule has 0 radical (unpaired) electrons. The van der Waals surface area contributed by atoms with Gasteiger partial charge >= 0.3 is 5.97 Å². The molecule has 250 valence electrons. The lowest BCUT2D eigenvalue weighted by atomic mass is 9.99.